The Hall–Kier alpha value is -2.80. The van der Waals surface area contributed by atoms with Crippen molar-refractivity contribution in [3.8, 4) is 0 Å². The number of carbonyl (C=O) groups excluding carboxylic acids is 2. The van der Waals surface area contributed by atoms with Crippen molar-refractivity contribution < 1.29 is 18.7 Å². The van der Waals surface area contributed by atoms with Gasteiger partial charge in [0.25, 0.3) is 0 Å². The molecule has 0 amide bonds. The van der Waals surface area contributed by atoms with Gasteiger partial charge < -0.3 is 4.74 Å². The third-order valence-electron chi connectivity index (χ3n) is 4.12. The molecular formula is C20H18FNO4S. The predicted octanol–water partition coefficient (Wildman–Crippen LogP) is 3.78. The van der Waals surface area contributed by atoms with Crippen LogP contribution in [0.1, 0.15) is 35.7 Å². The van der Waals surface area contributed by atoms with Gasteiger partial charge in [-0.2, -0.15) is 0 Å². The van der Waals surface area contributed by atoms with Crippen molar-refractivity contribution in [2.75, 3.05) is 6.61 Å². The standard InChI is InChI=1S/C20H18FNO4S/c1-2-26-18(23)8-5-11-22-16-10-9-13(12-17(16)27-20(22)25)19(24)14-6-3-4-7-15(14)21/h3-4,6-7,9-10,12H,2,5,8,11H2,1H3. The summed E-state index contributed by atoms with van der Waals surface area (Å²) in [5.41, 5.74) is 1.02. The Morgan fingerprint density at radius 2 is 1.96 bits per heavy atom. The van der Waals surface area contributed by atoms with E-state index in [1.807, 2.05) is 0 Å². The number of ketones is 1. The fourth-order valence-electron chi connectivity index (χ4n) is 2.83. The first-order valence-electron chi connectivity index (χ1n) is 8.59. The number of thiazole rings is 1. The Labute approximate surface area is 159 Å². The maximum absolute atomic E-state index is 13.9. The fraction of sp³-hybridized carbons (Fsp3) is 0.250. The van der Waals surface area contributed by atoms with Crippen LogP contribution in [0.25, 0.3) is 10.2 Å². The second-order valence-electron chi connectivity index (χ2n) is 5.92. The molecule has 0 saturated heterocycles. The topological polar surface area (TPSA) is 65.4 Å². The fourth-order valence-corrected chi connectivity index (χ4v) is 3.79. The number of aryl methyl sites for hydroxylation is 1. The summed E-state index contributed by atoms with van der Waals surface area (Å²) in [6.45, 7) is 2.46. The Morgan fingerprint density at radius 3 is 2.70 bits per heavy atom. The van der Waals surface area contributed by atoms with Crippen LogP contribution in [0.15, 0.2) is 47.3 Å². The lowest BCUT2D eigenvalue weighted by Crippen LogP contribution is -2.14. The van der Waals surface area contributed by atoms with E-state index in [-0.39, 0.29) is 22.8 Å². The lowest BCUT2D eigenvalue weighted by molar-refractivity contribution is -0.143. The summed E-state index contributed by atoms with van der Waals surface area (Å²) in [4.78, 5) is 36.1. The SMILES string of the molecule is CCOC(=O)CCCn1c(=O)sc2cc(C(=O)c3ccccc3F)ccc21. The highest BCUT2D eigenvalue weighted by Crippen LogP contribution is 2.22. The van der Waals surface area contributed by atoms with Gasteiger partial charge in [-0.15, -0.1) is 0 Å². The van der Waals surface area contributed by atoms with Crippen molar-refractivity contribution in [3.63, 3.8) is 0 Å². The Bertz CT molecular complexity index is 1050. The van der Waals surface area contributed by atoms with Crippen LogP contribution in [-0.2, 0) is 16.1 Å². The summed E-state index contributed by atoms with van der Waals surface area (Å²) in [5, 5.41) is 0. The van der Waals surface area contributed by atoms with Gasteiger partial charge in [0.05, 0.1) is 22.4 Å². The van der Waals surface area contributed by atoms with Crippen molar-refractivity contribution in [2.24, 2.45) is 0 Å². The normalized spacial score (nSPS) is 10.9. The molecule has 0 spiro atoms. The van der Waals surface area contributed by atoms with Gasteiger partial charge in [-0.25, -0.2) is 4.39 Å². The molecule has 0 N–H and O–H groups in total. The lowest BCUT2D eigenvalue weighted by atomic mass is 10.0. The summed E-state index contributed by atoms with van der Waals surface area (Å²) >= 11 is 1.02. The van der Waals surface area contributed by atoms with Crippen LogP contribution < -0.4 is 4.87 Å². The first kappa shape index (κ1) is 19.0. The summed E-state index contributed by atoms with van der Waals surface area (Å²) in [7, 11) is 0. The van der Waals surface area contributed by atoms with Gasteiger partial charge in [0.15, 0.2) is 5.78 Å². The minimum absolute atomic E-state index is 0.00179. The minimum Gasteiger partial charge on any atom is -0.466 e. The van der Waals surface area contributed by atoms with Gasteiger partial charge in [0.2, 0.25) is 0 Å². The molecular weight excluding hydrogens is 369 g/mol. The average Bonchev–Trinajstić information content (AvgIpc) is 2.96. The number of nitrogens with zero attached hydrogens (tertiary/aromatic N) is 1. The molecule has 140 valence electrons. The van der Waals surface area contributed by atoms with Crippen LogP contribution in [0.4, 0.5) is 4.39 Å². The van der Waals surface area contributed by atoms with Crippen LogP contribution >= 0.6 is 11.3 Å². The molecule has 1 heterocycles. The highest BCUT2D eigenvalue weighted by molar-refractivity contribution is 7.16. The third kappa shape index (κ3) is 4.14. The number of rotatable bonds is 7. The van der Waals surface area contributed by atoms with Crippen molar-refractivity contribution >= 4 is 33.3 Å². The zero-order valence-corrected chi connectivity index (χ0v) is 15.6. The van der Waals surface area contributed by atoms with Gasteiger partial charge in [-0.1, -0.05) is 23.5 Å². The van der Waals surface area contributed by atoms with E-state index < -0.39 is 11.6 Å². The molecule has 0 saturated carbocycles. The number of benzene rings is 2. The van der Waals surface area contributed by atoms with Crippen LogP contribution in [0.3, 0.4) is 0 Å². The van der Waals surface area contributed by atoms with Gasteiger partial charge in [0.1, 0.15) is 5.82 Å². The maximum atomic E-state index is 13.9. The summed E-state index contributed by atoms with van der Waals surface area (Å²) < 4.78 is 21.0. The smallest absolute Gasteiger partial charge is 0.308 e. The lowest BCUT2D eigenvalue weighted by Gasteiger charge is -2.05. The highest BCUT2D eigenvalue weighted by atomic mass is 32.1. The molecule has 0 unspecified atom stereocenters. The van der Waals surface area contributed by atoms with Gasteiger partial charge in [-0.05, 0) is 43.7 Å². The number of ether oxygens (including phenoxy) is 1. The number of carbonyl (C=O) groups is 2. The summed E-state index contributed by atoms with van der Waals surface area (Å²) in [6.07, 6.45) is 0.724. The van der Waals surface area contributed by atoms with E-state index in [4.69, 9.17) is 4.74 Å². The molecule has 0 aliphatic heterocycles. The molecule has 7 heteroatoms. The summed E-state index contributed by atoms with van der Waals surface area (Å²) in [5.74, 6) is -1.29. The van der Waals surface area contributed by atoms with Gasteiger partial charge in [-0.3, -0.25) is 19.0 Å². The predicted molar refractivity (Wildman–Crippen MR) is 102 cm³/mol. The van der Waals surface area contributed by atoms with E-state index >= 15 is 0 Å². The summed E-state index contributed by atoms with van der Waals surface area (Å²) in [6, 6.07) is 10.7. The molecule has 3 aromatic rings. The van der Waals surface area contributed by atoms with Crippen LogP contribution in [0.2, 0.25) is 0 Å². The molecule has 0 atom stereocenters. The molecule has 0 radical (unpaired) electrons. The van der Waals surface area contributed by atoms with Gasteiger partial charge in [0, 0.05) is 18.5 Å². The van der Waals surface area contributed by atoms with Crippen LogP contribution in [-0.4, -0.2) is 22.9 Å². The number of hydrogen-bond donors (Lipinski definition) is 0. The first-order chi connectivity index (χ1) is 13.0. The first-order valence-corrected chi connectivity index (χ1v) is 9.41. The molecule has 1 aromatic heterocycles. The molecule has 3 rings (SSSR count). The van der Waals surface area contributed by atoms with E-state index in [0.29, 0.717) is 35.4 Å². The second-order valence-corrected chi connectivity index (χ2v) is 6.91. The van der Waals surface area contributed by atoms with Crippen molar-refractivity contribution in [1.29, 1.82) is 0 Å². The van der Waals surface area contributed by atoms with E-state index in [0.717, 1.165) is 11.3 Å². The Balaban J connectivity index is 1.83. The molecule has 27 heavy (non-hydrogen) atoms. The van der Waals surface area contributed by atoms with Crippen LogP contribution in [0.5, 0.6) is 0 Å². The van der Waals surface area contributed by atoms with Crippen molar-refractivity contribution in [2.45, 2.75) is 26.3 Å². The average molecular weight is 387 g/mol. The minimum atomic E-state index is -0.577. The zero-order chi connectivity index (χ0) is 19.4. The van der Waals surface area contributed by atoms with Gasteiger partial charge >= 0.3 is 10.8 Å². The number of aromatic nitrogens is 1. The molecule has 0 bridgehead atoms. The molecule has 0 aliphatic rings. The Morgan fingerprint density at radius 1 is 1.19 bits per heavy atom. The molecule has 0 aliphatic carbocycles. The van der Waals surface area contributed by atoms with E-state index in [2.05, 4.69) is 0 Å². The van der Waals surface area contributed by atoms with Crippen LogP contribution in [0, 0.1) is 5.82 Å². The number of fused-ring (bicyclic) bond motifs is 1. The monoisotopic (exact) mass is 387 g/mol. The molecule has 2 aromatic carbocycles. The van der Waals surface area contributed by atoms with Crippen molar-refractivity contribution in [3.05, 3.63) is 69.1 Å². The maximum Gasteiger partial charge on any atom is 0.308 e. The van der Waals surface area contributed by atoms with E-state index in [1.165, 1.54) is 18.2 Å². The van der Waals surface area contributed by atoms with E-state index in [9.17, 15) is 18.8 Å². The van der Waals surface area contributed by atoms with E-state index in [1.54, 1.807) is 35.8 Å². The second kappa shape index (κ2) is 8.26. The number of esters is 1. The Kier molecular flexibility index (Phi) is 5.81. The number of halogens is 1. The highest BCUT2D eigenvalue weighted by Gasteiger charge is 2.16. The quantitative estimate of drug-likeness (QED) is 0.457. The zero-order valence-electron chi connectivity index (χ0n) is 14.7. The third-order valence-corrected chi connectivity index (χ3v) is 5.06. The van der Waals surface area contributed by atoms with Crippen molar-refractivity contribution in [1.82, 2.24) is 4.57 Å². The largest absolute Gasteiger partial charge is 0.466 e. The number of hydrogen-bond acceptors (Lipinski definition) is 5. The molecule has 5 nitrogen and oxygen atoms in total. The molecule has 0 fully saturated rings.